The quantitative estimate of drug-likeness (QED) is 0.298. The molecule has 1 aliphatic heterocycles. The number of urea groups is 1. The molecule has 1 aliphatic rings. The average molecular weight is 588 g/mol. The topological polar surface area (TPSA) is 75.7 Å². The smallest absolute Gasteiger partial charge is 0.335 e. The second-order valence-electron chi connectivity index (χ2n) is 7.49. The van der Waals surface area contributed by atoms with Crippen LogP contribution in [0.1, 0.15) is 16.7 Å². The molecule has 0 aromatic heterocycles. The van der Waals surface area contributed by atoms with Crippen LogP contribution in [0.2, 0.25) is 0 Å². The second kappa shape index (κ2) is 9.90. The third-order valence-electron chi connectivity index (χ3n) is 5.06. The largest absolute Gasteiger partial charge is 0.486 e. The van der Waals surface area contributed by atoms with Gasteiger partial charge in [0, 0.05) is 5.56 Å². The number of rotatable bonds is 5. The number of amides is 4. The summed E-state index contributed by atoms with van der Waals surface area (Å²) in [6, 6.07) is 15.6. The van der Waals surface area contributed by atoms with Crippen molar-refractivity contribution in [3.8, 4) is 5.75 Å². The molecule has 0 aliphatic carbocycles. The van der Waals surface area contributed by atoms with Gasteiger partial charge in [0.05, 0.1) is 14.6 Å². The zero-order valence-electron chi connectivity index (χ0n) is 17.8. The highest BCUT2D eigenvalue weighted by molar-refractivity contribution is 9.11. The summed E-state index contributed by atoms with van der Waals surface area (Å²) in [6.45, 7) is 1.90. The molecule has 4 rings (SSSR count). The predicted octanol–water partition coefficient (Wildman–Crippen LogP) is 5.90. The Morgan fingerprint density at radius 1 is 1.00 bits per heavy atom. The van der Waals surface area contributed by atoms with E-state index in [-0.39, 0.29) is 18.0 Å². The van der Waals surface area contributed by atoms with E-state index in [0.717, 1.165) is 10.5 Å². The lowest BCUT2D eigenvalue weighted by Crippen LogP contribution is -2.54. The van der Waals surface area contributed by atoms with Gasteiger partial charge >= 0.3 is 6.03 Å². The number of aryl methyl sites for hydroxylation is 1. The zero-order valence-corrected chi connectivity index (χ0v) is 20.9. The Bertz CT molecular complexity index is 1320. The lowest BCUT2D eigenvalue weighted by Gasteiger charge is -2.26. The molecule has 1 heterocycles. The molecule has 4 amide bonds. The second-order valence-corrected chi connectivity index (χ2v) is 9.20. The van der Waals surface area contributed by atoms with E-state index in [4.69, 9.17) is 4.74 Å². The van der Waals surface area contributed by atoms with E-state index in [1.54, 1.807) is 54.6 Å². The number of benzene rings is 3. The molecule has 0 atom stereocenters. The van der Waals surface area contributed by atoms with E-state index >= 15 is 0 Å². The number of nitrogens with zero attached hydrogens (tertiary/aromatic N) is 1. The Labute approximate surface area is 211 Å². The normalized spacial score (nSPS) is 15.0. The number of hydrogen-bond acceptors (Lipinski definition) is 4. The first-order valence-electron chi connectivity index (χ1n) is 10.1. The van der Waals surface area contributed by atoms with Gasteiger partial charge in [0.15, 0.2) is 0 Å². The van der Waals surface area contributed by atoms with Crippen molar-refractivity contribution >= 4 is 61.5 Å². The highest BCUT2D eigenvalue weighted by atomic mass is 79.9. The molecule has 1 N–H and O–H groups in total. The lowest BCUT2D eigenvalue weighted by molar-refractivity contribution is -0.122. The number of barbiturate groups is 1. The number of carbonyl (C=O) groups excluding carboxylic acids is 3. The number of imide groups is 2. The summed E-state index contributed by atoms with van der Waals surface area (Å²) < 4.78 is 20.7. The number of hydrogen-bond donors (Lipinski definition) is 1. The molecule has 0 saturated carbocycles. The molecule has 172 valence electrons. The van der Waals surface area contributed by atoms with Gasteiger partial charge in [-0.1, -0.05) is 35.9 Å². The summed E-state index contributed by atoms with van der Waals surface area (Å²) in [5, 5.41) is 2.20. The Kier molecular flexibility index (Phi) is 6.95. The van der Waals surface area contributed by atoms with Crippen molar-refractivity contribution in [2.45, 2.75) is 13.5 Å². The minimum Gasteiger partial charge on any atom is -0.486 e. The maximum Gasteiger partial charge on any atom is 0.335 e. The van der Waals surface area contributed by atoms with Gasteiger partial charge in [-0.3, -0.25) is 14.9 Å². The van der Waals surface area contributed by atoms with Gasteiger partial charge in [0.1, 0.15) is 23.7 Å². The molecule has 0 spiro atoms. The predicted molar refractivity (Wildman–Crippen MR) is 133 cm³/mol. The van der Waals surface area contributed by atoms with Crippen LogP contribution in [0.5, 0.6) is 5.75 Å². The third kappa shape index (κ3) is 4.95. The molecular formula is C25H17Br2FN2O4. The van der Waals surface area contributed by atoms with Crippen LogP contribution < -0.4 is 15.0 Å². The van der Waals surface area contributed by atoms with E-state index in [1.165, 1.54) is 12.1 Å². The summed E-state index contributed by atoms with van der Waals surface area (Å²) in [5.41, 5.74) is 2.03. The van der Waals surface area contributed by atoms with E-state index in [1.807, 2.05) is 6.92 Å². The van der Waals surface area contributed by atoms with Crippen LogP contribution in [-0.4, -0.2) is 17.8 Å². The van der Waals surface area contributed by atoms with E-state index in [0.29, 0.717) is 31.5 Å². The fraction of sp³-hybridized carbons (Fsp3) is 0.0800. The summed E-state index contributed by atoms with van der Waals surface area (Å²) >= 11 is 6.84. The van der Waals surface area contributed by atoms with Crippen molar-refractivity contribution in [1.82, 2.24) is 5.32 Å². The van der Waals surface area contributed by atoms with Gasteiger partial charge in [-0.15, -0.1) is 0 Å². The third-order valence-corrected chi connectivity index (χ3v) is 6.23. The van der Waals surface area contributed by atoms with Crippen molar-refractivity contribution in [3.05, 3.63) is 97.7 Å². The SMILES string of the molecule is Cc1ccc(N2C(=O)NC(=O)/C(=C\c3cc(Br)c(OCc4ccccc4F)c(Br)c3)C2=O)cc1. The first kappa shape index (κ1) is 23.8. The minimum absolute atomic E-state index is 0.0127. The van der Waals surface area contributed by atoms with Gasteiger partial charge in [-0.25, -0.2) is 14.1 Å². The van der Waals surface area contributed by atoms with Gasteiger partial charge < -0.3 is 4.74 Å². The lowest BCUT2D eigenvalue weighted by atomic mass is 10.1. The number of ether oxygens (including phenoxy) is 1. The van der Waals surface area contributed by atoms with Crippen LogP contribution >= 0.6 is 31.9 Å². The Morgan fingerprint density at radius 3 is 2.29 bits per heavy atom. The molecule has 1 fully saturated rings. The maximum atomic E-state index is 13.9. The van der Waals surface area contributed by atoms with E-state index in [9.17, 15) is 18.8 Å². The highest BCUT2D eigenvalue weighted by Gasteiger charge is 2.36. The van der Waals surface area contributed by atoms with Crippen molar-refractivity contribution in [3.63, 3.8) is 0 Å². The van der Waals surface area contributed by atoms with Gasteiger partial charge in [0.2, 0.25) is 0 Å². The molecule has 6 nitrogen and oxygen atoms in total. The molecule has 3 aromatic carbocycles. The van der Waals surface area contributed by atoms with Crippen LogP contribution in [-0.2, 0) is 16.2 Å². The molecule has 1 saturated heterocycles. The van der Waals surface area contributed by atoms with Crippen LogP contribution in [0.25, 0.3) is 6.08 Å². The summed E-state index contributed by atoms with van der Waals surface area (Å²) in [7, 11) is 0. The molecule has 3 aromatic rings. The van der Waals surface area contributed by atoms with Gasteiger partial charge in [0.25, 0.3) is 11.8 Å². The van der Waals surface area contributed by atoms with E-state index < -0.39 is 17.8 Å². The molecular weight excluding hydrogens is 571 g/mol. The first-order chi connectivity index (χ1) is 16.2. The van der Waals surface area contributed by atoms with Crippen LogP contribution in [0, 0.1) is 12.7 Å². The summed E-state index contributed by atoms with van der Waals surface area (Å²) in [5.74, 6) is -1.46. The molecule has 34 heavy (non-hydrogen) atoms. The average Bonchev–Trinajstić information content (AvgIpc) is 2.78. The minimum atomic E-state index is -0.810. The first-order valence-corrected chi connectivity index (χ1v) is 11.7. The molecule has 0 radical (unpaired) electrons. The van der Waals surface area contributed by atoms with Crippen molar-refractivity contribution in [1.29, 1.82) is 0 Å². The van der Waals surface area contributed by atoms with Crippen molar-refractivity contribution in [2.75, 3.05) is 4.90 Å². The maximum absolute atomic E-state index is 13.9. The number of anilines is 1. The van der Waals surface area contributed by atoms with Crippen LogP contribution in [0.3, 0.4) is 0 Å². The fourth-order valence-corrected chi connectivity index (χ4v) is 4.77. The Balaban J connectivity index is 1.61. The van der Waals surface area contributed by atoms with E-state index in [2.05, 4.69) is 37.2 Å². The monoisotopic (exact) mass is 586 g/mol. The zero-order chi connectivity index (χ0) is 24.4. The number of nitrogens with one attached hydrogen (secondary N) is 1. The highest BCUT2D eigenvalue weighted by Crippen LogP contribution is 2.36. The van der Waals surface area contributed by atoms with Crippen LogP contribution in [0.4, 0.5) is 14.9 Å². The Morgan fingerprint density at radius 2 is 1.65 bits per heavy atom. The fourth-order valence-electron chi connectivity index (χ4n) is 3.32. The number of halogens is 3. The van der Waals surface area contributed by atoms with Gasteiger partial charge in [-0.2, -0.15) is 0 Å². The summed E-state index contributed by atoms with van der Waals surface area (Å²) in [4.78, 5) is 38.8. The number of carbonyl (C=O) groups is 3. The Hall–Kier alpha value is -3.30. The molecule has 0 unspecified atom stereocenters. The summed E-state index contributed by atoms with van der Waals surface area (Å²) in [6.07, 6.45) is 1.39. The van der Waals surface area contributed by atoms with Crippen molar-refractivity contribution < 1.29 is 23.5 Å². The van der Waals surface area contributed by atoms with Crippen molar-refractivity contribution in [2.24, 2.45) is 0 Å². The van der Waals surface area contributed by atoms with Gasteiger partial charge in [-0.05, 0) is 80.8 Å². The van der Waals surface area contributed by atoms with Crippen LogP contribution in [0.15, 0.2) is 75.2 Å². The molecule has 9 heteroatoms. The molecule has 0 bridgehead atoms. The standard InChI is InChI=1S/C25H17Br2FN2O4/c1-14-6-8-17(9-7-14)30-24(32)18(23(31)29-25(30)33)10-15-11-19(26)22(20(27)12-15)34-13-16-4-2-3-5-21(16)28/h2-12H,13H2,1H3,(H,29,31,33)/b18-10+.